The summed E-state index contributed by atoms with van der Waals surface area (Å²) in [6.07, 6.45) is 3.76. The minimum atomic E-state index is -0.0232. The van der Waals surface area contributed by atoms with E-state index in [0.717, 1.165) is 23.7 Å². The number of carbonyl (C=O) groups is 1. The highest BCUT2D eigenvalue weighted by atomic mass is 16.1. The maximum Gasteiger partial charge on any atom is 0.239 e. The fourth-order valence-electron chi connectivity index (χ4n) is 3.15. The topological polar surface area (TPSA) is 66.9 Å². The van der Waals surface area contributed by atoms with Crippen molar-refractivity contribution in [2.75, 3.05) is 18.4 Å². The third-order valence-corrected chi connectivity index (χ3v) is 4.82. The normalized spacial score (nSPS) is 14.9. The Morgan fingerprint density at radius 2 is 1.76 bits per heavy atom. The van der Waals surface area contributed by atoms with E-state index in [1.165, 1.54) is 11.9 Å². The second-order valence-electron chi connectivity index (χ2n) is 6.52. The maximum atomic E-state index is 12.2. The van der Waals surface area contributed by atoms with Crippen LogP contribution in [0.4, 0.5) is 5.82 Å². The van der Waals surface area contributed by atoms with Gasteiger partial charge in [0.25, 0.3) is 0 Å². The van der Waals surface area contributed by atoms with Gasteiger partial charge in [0.15, 0.2) is 0 Å². The number of benzene rings is 2. The van der Waals surface area contributed by atoms with E-state index in [9.17, 15) is 4.79 Å². The number of hydrogen-bond donors (Lipinski definition) is 2. The molecule has 0 aliphatic heterocycles. The quantitative estimate of drug-likeness (QED) is 0.728. The lowest BCUT2D eigenvalue weighted by molar-refractivity contribution is -0.119. The van der Waals surface area contributed by atoms with Gasteiger partial charge in [0, 0.05) is 17.3 Å². The summed E-state index contributed by atoms with van der Waals surface area (Å²) < 4.78 is 0. The summed E-state index contributed by atoms with van der Waals surface area (Å²) in [5.74, 6) is 0.662. The van der Waals surface area contributed by atoms with E-state index in [4.69, 9.17) is 0 Å². The van der Waals surface area contributed by atoms with Crippen molar-refractivity contribution in [3.05, 3.63) is 66.5 Å². The number of rotatable bonds is 6. The number of carbonyl (C=O) groups excluding carboxylic acids is 1. The van der Waals surface area contributed by atoms with E-state index in [0.29, 0.717) is 12.4 Å². The van der Waals surface area contributed by atoms with Gasteiger partial charge in [-0.1, -0.05) is 42.5 Å². The number of hydrogen-bond acceptors (Lipinski definition) is 4. The molecule has 1 aromatic heterocycles. The van der Waals surface area contributed by atoms with Crippen LogP contribution >= 0.6 is 0 Å². The lowest BCUT2D eigenvalue weighted by Crippen LogP contribution is -2.36. The van der Waals surface area contributed by atoms with Gasteiger partial charge in [0.2, 0.25) is 5.91 Å². The molecular weight excluding hydrogens is 312 g/mol. The van der Waals surface area contributed by atoms with Gasteiger partial charge in [0.1, 0.15) is 12.1 Å². The lowest BCUT2D eigenvalue weighted by Gasteiger charge is -2.17. The van der Waals surface area contributed by atoms with Gasteiger partial charge in [-0.2, -0.15) is 0 Å². The molecule has 0 spiro atoms. The highest BCUT2D eigenvalue weighted by molar-refractivity contribution is 5.90. The van der Waals surface area contributed by atoms with E-state index >= 15 is 0 Å². The van der Waals surface area contributed by atoms with Crippen molar-refractivity contribution in [3.63, 3.8) is 0 Å². The van der Waals surface area contributed by atoms with Crippen LogP contribution in [0.25, 0.3) is 10.9 Å². The zero-order chi connectivity index (χ0) is 17.1. The summed E-state index contributed by atoms with van der Waals surface area (Å²) in [6, 6.07) is 18.2. The molecule has 2 N–H and O–H groups in total. The van der Waals surface area contributed by atoms with Crippen LogP contribution in [0.15, 0.2) is 60.9 Å². The molecule has 1 heterocycles. The summed E-state index contributed by atoms with van der Waals surface area (Å²) >= 11 is 0. The smallest absolute Gasteiger partial charge is 0.239 e. The van der Waals surface area contributed by atoms with Crippen molar-refractivity contribution in [1.82, 2.24) is 15.3 Å². The van der Waals surface area contributed by atoms with Crippen molar-refractivity contribution >= 4 is 22.6 Å². The summed E-state index contributed by atoms with van der Waals surface area (Å²) in [6.45, 7) is 0.883. The number of anilines is 1. The fourth-order valence-corrected chi connectivity index (χ4v) is 3.15. The summed E-state index contributed by atoms with van der Waals surface area (Å²) in [5, 5.41) is 7.10. The van der Waals surface area contributed by atoms with Crippen LogP contribution in [-0.4, -0.2) is 29.0 Å². The lowest BCUT2D eigenvalue weighted by atomic mass is 9.96. The molecule has 2 aromatic carbocycles. The monoisotopic (exact) mass is 332 g/mol. The van der Waals surface area contributed by atoms with Crippen LogP contribution in [0.1, 0.15) is 18.4 Å². The molecule has 1 saturated carbocycles. The number of amides is 1. The Bertz CT molecular complexity index is 885. The standard InChI is InChI=1S/C20H20N4O/c25-18(22-13-20(10-11-20)15-6-2-1-3-7-15)12-21-19-16-8-4-5-9-17(16)23-14-24-19/h1-9,14H,10-13H2,(H,22,25)(H,21,23,24). The van der Waals surface area contributed by atoms with Crippen molar-refractivity contribution < 1.29 is 4.79 Å². The Labute approximate surface area is 146 Å². The zero-order valence-electron chi connectivity index (χ0n) is 13.9. The van der Waals surface area contributed by atoms with Gasteiger partial charge in [-0.3, -0.25) is 4.79 Å². The van der Waals surface area contributed by atoms with Crippen molar-refractivity contribution in [2.45, 2.75) is 18.3 Å². The number of nitrogens with one attached hydrogen (secondary N) is 2. The van der Waals surface area contributed by atoms with Crippen LogP contribution < -0.4 is 10.6 Å². The van der Waals surface area contributed by atoms with E-state index in [2.05, 4.69) is 44.9 Å². The van der Waals surface area contributed by atoms with Gasteiger partial charge in [0.05, 0.1) is 12.1 Å². The van der Waals surface area contributed by atoms with Gasteiger partial charge in [-0.05, 0) is 30.5 Å². The van der Waals surface area contributed by atoms with Gasteiger partial charge in [-0.15, -0.1) is 0 Å². The van der Waals surface area contributed by atoms with E-state index < -0.39 is 0 Å². The minimum Gasteiger partial charge on any atom is -0.360 e. The second-order valence-corrected chi connectivity index (χ2v) is 6.52. The van der Waals surface area contributed by atoms with Crippen molar-refractivity contribution in [3.8, 4) is 0 Å². The molecule has 126 valence electrons. The first-order valence-electron chi connectivity index (χ1n) is 8.53. The summed E-state index contributed by atoms with van der Waals surface area (Å²) in [4.78, 5) is 20.7. The molecule has 0 radical (unpaired) electrons. The Morgan fingerprint density at radius 3 is 2.56 bits per heavy atom. The second kappa shape index (κ2) is 6.51. The highest BCUT2D eigenvalue weighted by Gasteiger charge is 2.44. The number of aromatic nitrogens is 2. The molecule has 25 heavy (non-hydrogen) atoms. The average Bonchev–Trinajstić information content (AvgIpc) is 3.47. The van der Waals surface area contributed by atoms with E-state index in [1.54, 1.807) is 0 Å². The third kappa shape index (κ3) is 3.31. The van der Waals surface area contributed by atoms with Crippen LogP contribution in [0.2, 0.25) is 0 Å². The Balaban J connectivity index is 1.35. The molecule has 3 aromatic rings. The van der Waals surface area contributed by atoms with Crippen LogP contribution in [-0.2, 0) is 10.2 Å². The Kier molecular flexibility index (Phi) is 4.06. The highest BCUT2D eigenvalue weighted by Crippen LogP contribution is 2.47. The summed E-state index contributed by atoms with van der Waals surface area (Å²) in [5.41, 5.74) is 2.30. The van der Waals surface area contributed by atoms with E-state index in [1.807, 2.05) is 30.3 Å². The molecule has 0 saturated heterocycles. The number of nitrogens with zero attached hydrogens (tertiary/aromatic N) is 2. The molecule has 1 aliphatic carbocycles. The number of fused-ring (bicyclic) bond motifs is 1. The Morgan fingerprint density at radius 1 is 1.00 bits per heavy atom. The molecule has 5 nitrogen and oxygen atoms in total. The zero-order valence-corrected chi connectivity index (χ0v) is 13.9. The van der Waals surface area contributed by atoms with Crippen LogP contribution in [0.5, 0.6) is 0 Å². The predicted octanol–water partition coefficient (Wildman–Crippen LogP) is 2.89. The minimum absolute atomic E-state index is 0.0232. The molecule has 1 aliphatic rings. The van der Waals surface area contributed by atoms with Crippen molar-refractivity contribution in [1.29, 1.82) is 0 Å². The molecule has 1 amide bonds. The largest absolute Gasteiger partial charge is 0.360 e. The van der Waals surface area contributed by atoms with Gasteiger partial charge in [-0.25, -0.2) is 9.97 Å². The first-order valence-corrected chi connectivity index (χ1v) is 8.53. The third-order valence-electron chi connectivity index (χ3n) is 4.82. The molecule has 5 heteroatoms. The first kappa shape index (κ1) is 15.6. The molecule has 1 fully saturated rings. The van der Waals surface area contributed by atoms with E-state index in [-0.39, 0.29) is 17.9 Å². The fraction of sp³-hybridized carbons (Fsp3) is 0.250. The Hall–Kier alpha value is -2.95. The van der Waals surface area contributed by atoms with Crippen LogP contribution in [0, 0.1) is 0 Å². The molecule has 0 unspecified atom stereocenters. The van der Waals surface area contributed by atoms with Crippen molar-refractivity contribution in [2.24, 2.45) is 0 Å². The van der Waals surface area contributed by atoms with Gasteiger partial charge >= 0.3 is 0 Å². The predicted molar refractivity (Wildman–Crippen MR) is 98.4 cm³/mol. The molecule has 0 atom stereocenters. The van der Waals surface area contributed by atoms with Crippen LogP contribution in [0.3, 0.4) is 0 Å². The molecular formula is C20H20N4O. The average molecular weight is 332 g/mol. The SMILES string of the molecule is O=C(CNc1ncnc2ccccc12)NCC1(c2ccccc2)CC1. The molecule has 0 bridgehead atoms. The number of para-hydroxylation sites is 1. The molecule has 4 rings (SSSR count). The first-order chi connectivity index (χ1) is 12.3. The summed E-state index contributed by atoms with van der Waals surface area (Å²) in [7, 11) is 0. The maximum absolute atomic E-state index is 12.2. The van der Waals surface area contributed by atoms with Gasteiger partial charge < -0.3 is 10.6 Å².